The summed E-state index contributed by atoms with van der Waals surface area (Å²) in [4.78, 5) is 11.2. The van der Waals surface area contributed by atoms with E-state index < -0.39 is 0 Å². The van der Waals surface area contributed by atoms with Gasteiger partial charge in [0.05, 0.1) is 21.3 Å². The summed E-state index contributed by atoms with van der Waals surface area (Å²) in [6.07, 6.45) is 1.94. The maximum absolute atomic E-state index is 5.01. The van der Waals surface area contributed by atoms with E-state index >= 15 is 0 Å². The predicted molar refractivity (Wildman–Crippen MR) is 147 cm³/mol. The summed E-state index contributed by atoms with van der Waals surface area (Å²) >= 11 is 1.91. The van der Waals surface area contributed by atoms with E-state index in [0.717, 1.165) is 22.4 Å². The minimum Gasteiger partial charge on any atom is -0.276 e. The minimum absolute atomic E-state index is 0.0336. The highest BCUT2D eigenvalue weighted by atomic mass is 32.1. The van der Waals surface area contributed by atoms with Gasteiger partial charge in [-0.25, -0.2) is 9.97 Å². The van der Waals surface area contributed by atoms with Crippen molar-refractivity contribution in [3.63, 3.8) is 0 Å². The van der Waals surface area contributed by atoms with Crippen molar-refractivity contribution in [2.24, 2.45) is 0 Å². The Morgan fingerprint density at radius 2 is 1.54 bits per heavy atom. The van der Waals surface area contributed by atoms with Crippen molar-refractivity contribution in [2.45, 2.75) is 19.3 Å². The zero-order chi connectivity index (χ0) is 23.3. The van der Waals surface area contributed by atoms with Gasteiger partial charge < -0.3 is 0 Å². The van der Waals surface area contributed by atoms with Gasteiger partial charge in [0.1, 0.15) is 0 Å². The van der Waals surface area contributed by atoms with Crippen LogP contribution in [0.25, 0.3) is 59.2 Å². The monoisotopic (exact) mass is 467 g/mol. The van der Waals surface area contributed by atoms with E-state index in [0.29, 0.717) is 0 Å². The van der Waals surface area contributed by atoms with Crippen molar-refractivity contribution < 1.29 is 0 Å². The van der Waals surface area contributed by atoms with Crippen LogP contribution in [0.3, 0.4) is 0 Å². The molecule has 0 saturated carbocycles. The van der Waals surface area contributed by atoms with Crippen molar-refractivity contribution in [3.05, 3.63) is 102 Å². The molecular formula is C31H21N3S. The van der Waals surface area contributed by atoms with Gasteiger partial charge in [0.2, 0.25) is 5.95 Å². The second kappa shape index (κ2) is 6.55. The minimum atomic E-state index is -0.0336. The van der Waals surface area contributed by atoms with Gasteiger partial charge in [-0.3, -0.25) is 4.57 Å². The maximum Gasteiger partial charge on any atom is 0.235 e. The lowest BCUT2D eigenvalue weighted by Gasteiger charge is -2.21. The normalized spacial score (nSPS) is 14.2. The van der Waals surface area contributed by atoms with Gasteiger partial charge in [0.25, 0.3) is 0 Å². The molecule has 3 heterocycles. The van der Waals surface area contributed by atoms with E-state index in [4.69, 9.17) is 9.97 Å². The fourth-order valence-corrected chi connectivity index (χ4v) is 7.59. The number of para-hydroxylation sites is 2. The molecule has 4 aromatic carbocycles. The predicted octanol–water partition coefficient (Wildman–Crippen LogP) is 8.25. The van der Waals surface area contributed by atoms with Crippen LogP contribution in [-0.2, 0) is 5.41 Å². The molecule has 8 rings (SSSR count). The first-order valence-corrected chi connectivity index (χ1v) is 12.8. The summed E-state index contributed by atoms with van der Waals surface area (Å²) in [5, 5.41) is 4.87. The number of hydrogen-bond acceptors (Lipinski definition) is 3. The Hall–Kier alpha value is -4.02. The molecule has 0 aliphatic heterocycles. The Morgan fingerprint density at radius 3 is 2.49 bits per heavy atom. The number of hydrogen-bond donors (Lipinski definition) is 0. The number of thiophene rings is 1. The lowest BCUT2D eigenvalue weighted by molar-refractivity contribution is 0.667. The van der Waals surface area contributed by atoms with Crippen LogP contribution in [0.1, 0.15) is 25.0 Å². The number of aromatic nitrogens is 3. The van der Waals surface area contributed by atoms with E-state index in [1.165, 1.54) is 47.9 Å². The standard InChI is InChI=1S/C31H21N3S/c1-31(2)23-12-6-4-11-21(23)28-26(31)22-16-15-20-19-10-5-8-14-25(19)34(27(20)29(22)35-28)30-32-17-18-9-3-7-13-24(18)33-30/h3-17H,1-2H3. The van der Waals surface area contributed by atoms with E-state index in [2.05, 4.69) is 91.2 Å². The van der Waals surface area contributed by atoms with Crippen molar-refractivity contribution in [1.82, 2.24) is 14.5 Å². The summed E-state index contributed by atoms with van der Waals surface area (Å²) in [7, 11) is 0. The quantitative estimate of drug-likeness (QED) is 0.243. The molecule has 0 fully saturated rings. The first-order valence-electron chi connectivity index (χ1n) is 11.9. The molecule has 0 unspecified atom stereocenters. The molecule has 35 heavy (non-hydrogen) atoms. The zero-order valence-corrected chi connectivity index (χ0v) is 20.2. The van der Waals surface area contributed by atoms with Crippen molar-refractivity contribution in [1.29, 1.82) is 0 Å². The fraction of sp³-hybridized carbons (Fsp3) is 0.0968. The van der Waals surface area contributed by atoms with E-state index in [1.54, 1.807) is 0 Å². The molecule has 4 heteroatoms. The van der Waals surface area contributed by atoms with Gasteiger partial charge in [0, 0.05) is 32.6 Å². The molecule has 0 bridgehead atoms. The Balaban J connectivity index is 1.55. The van der Waals surface area contributed by atoms with Gasteiger partial charge in [-0.05, 0) is 34.2 Å². The van der Waals surface area contributed by atoms with Gasteiger partial charge in [0.15, 0.2) is 0 Å². The smallest absolute Gasteiger partial charge is 0.235 e. The van der Waals surface area contributed by atoms with Crippen LogP contribution in [0.2, 0.25) is 0 Å². The van der Waals surface area contributed by atoms with Crippen LogP contribution in [0, 0.1) is 0 Å². The number of nitrogens with zero attached hydrogens (tertiary/aromatic N) is 3. The molecule has 0 saturated heterocycles. The molecule has 0 atom stereocenters. The topological polar surface area (TPSA) is 30.7 Å². The van der Waals surface area contributed by atoms with Gasteiger partial charge in [-0.1, -0.05) is 86.6 Å². The molecule has 0 N–H and O–H groups in total. The third-order valence-electron chi connectivity index (χ3n) is 7.64. The Bertz CT molecular complexity index is 1990. The summed E-state index contributed by atoms with van der Waals surface area (Å²) in [6.45, 7) is 4.71. The zero-order valence-electron chi connectivity index (χ0n) is 19.4. The van der Waals surface area contributed by atoms with Crippen molar-refractivity contribution in [3.8, 4) is 16.4 Å². The molecule has 1 aliphatic rings. The molecule has 0 amide bonds. The average molecular weight is 468 g/mol. The molecule has 0 spiro atoms. The Labute approximate surface area is 206 Å². The van der Waals surface area contributed by atoms with Crippen LogP contribution in [-0.4, -0.2) is 14.5 Å². The number of fused-ring (bicyclic) bond motifs is 10. The molecule has 166 valence electrons. The number of benzene rings is 4. The Morgan fingerprint density at radius 1 is 0.771 bits per heavy atom. The van der Waals surface area contributed by atoms with Crippen molar-refractivity contribution >= 4 is 54.1 Å². The van der Waals surface area contributed by atoms with E-state index in [1.807, 2.05) is 29.7 Å². The SMILES string of the molecule is CC1(C)c2ccccc2-c2sc3c(ccc4c5ccccc5n(-c5ncc6ccccc6n5)c43)c21. The van der Waals surface area contributed by atoms with Crippen LogP contribution >= 0.6 is 11.3 Å². The second-order valence-corrected chi connectivity index (χ2v) is 10.9. The number of rotatable bonds is 1. The Kier molecular flexibility index (Phi) is 3.61. The summed E-state index contributed by atoms with van der Waals surface area (Å²) in [6, 6.07) is 30.3. The van der Waals surface area contributed by atoms with E-state index in [9.17, 15) is 0 Å². The third kappa shape index (κ3) is 2.40. The molecule has 3 nitrogen and oxygen atoms in total. The highest BCUT2D eigenvalue weighted by Crippen LogP contribution is 2.56. The highest BCUT2D eigenvalue weighted by Gasteiger charge is 2.39. The van der Waals surface area contributed by atoms with E-state index in [-0.39, 0.29) is 5.41 Å². The largest absolute Gasteiger partial charge is 0.276 e. The lowest BCUT2D eigenvalue weighted by Crippen LogP contribution is -2.14. The third-order valence-corrected chi connectivity index (χ3v) is 8.88. The lowest BCUT2D eigenvalue weighted by atomic mass is 9.81. The van der Waals surface area contributed by atoms with Crippen LogP contribution in [0.5, 0.6) is 0 Å². The summed E-state index contributed by atoms with van der Waals surface area (Å²) < 4.78 is 3.58. The molecule has 1 aliphatic carbocycles. The van der Waals surface area contributed by atoms with Gasteiger partial charge >= 0.3 is 0 Å². The molecule has 0 radical (unpaired) electrons. The summed E-state index contributed by atoms with van der Waals surface area (Å²) in [5.74, 6) is 0.718. The fourth-order valence-electron chi connectivity index (χ4n) is 6.05. The summed E-state index contributed by atoms with van der Waals surface area (Å²) in [5.41, 5.74) is 7.49. The maximum atomic E-state index is 5.01. The average Bonchev–Trinajstić information content (AvgIpc) is 3.51. The first-order chi connectivity index (χ1) is 17.1. The molecule has 3 aromatic heterocycles. The van der Waals surface area contributed by atoms with Crippen LogP contribution in [0.15, 0.2) is 91.1 Å². The van der Waals surface area contributed by atoms with Crippen LogP contribution < -0.4 is 0 Å². The van der Waals surface area contributed by atoms with Gasteiger partial charge in [-0.2, -0.15) is 0 Å². The van der Waals surface area contributed by atoms with Gasteiger partial charge in [-0.15, -0.1) is 11.3 Å². The second-order valence-electron chi connectivity index (χ2n) is 9.90. The van der Waals surface area contributed by atoms with Crippen molar-refractivity contribution in [2.75, 3.05) is 0 Å². The van der Waals surface area contributed by atoms with Crippen LogP contribution in [0.4, 0.5) is 0 Å². The molecular weight excluding hydrogens is 446 g/mol. The first kappa shape index (κ1) is 19.3. The highest BCUT2D eigenvalue weighted by molar-refractivity contribution is 7.23. The molecule has 7 aromatic rings.